The highest BCUT2D eigenvalue weighted by Crippen LogP contribution is 2.22. The van der Waals surface area contributed by atoms with E-state index in [-0.39, 0.29) is 4.32 Å². The number of hydrogen-bond donors (Lipinski definition) is 0. The first-order valence-corrected chi connectivity index (χ1v) is 4.81. The molecule has 0 aromatic heterocycles. The van der Waals surface area contributed by atoms with Gasteiger partial charge in [0, 0.05) is 4.32 Å². The standard InChI is InChI=1S/C10H11BrF2/c1-10(2,11)6-7-3-4-8(12)9(13)5-7/h3-5H,6H2,1-2H3. The summed E-state index contributed by atoms with van der Waals surface area (Å²) in [6.07, 6.45) is 0.671. The maximum absolute atomic E-state index is 12.8. The Morgan fingerprint density at radius 3 is 2.31 bits per heavy atom. The Kier molecular flexibility index (Phi) is 3.06. The minimum Gasteiger partial charge on any atom is -0.204 e. The van der Waals surface area contributed by atoms with E-state index in [2.05, 4.69) is 15.9 Å². The summed E-state index contributed by atoms with van der Waals surface area (Å²) in [4.78, 5) is 0. The molecule has 0 amide bonds. The first-order chi connectivity index (χ1) is 5.88. The lowest BCUT2D eigenvalue weighted by molar-refractivity contribution is 0.506. The van der Waals surface area contributed by atoms with Crippen LogP contribution < -0.4 is 0 Å². The molecule has 0 spiro atoms. The second-order valence-electron chi connectivity index (χ2n) is 3.64. The minimum atomic E-state index is -0.795. The van der Waals surface area contributed by atoms with Gasteiger partial charge < -0.3 is 0 Å². The molecular formula is C10H11BrF2. The van der Waals surface area contributed by atoms with Gasteiger partial charge in [0.2, 0.25) is 0 Å². The zero-order valence-electron chi connectivity index (χ0n) is 7.57. The van der Waals surface area contributed by atoms with Crippen LogP contribution in [-0.4, -0.2) is 4.32 Å². The van der Waals surface area contributed by atoms with Crippen molar-refractivity contribution in [2.24, 2.45) is 0 Å². The molecule has 0 radical (unpaired) electrons. The predicted molar refractivity (Wildman–Crippen MR) is 53.1 cm³/mol. The quantitative estimate of drug-likeness (QED) is 0.701. The smallest absolute Gasteiger partial charge is 0.159 e. The molecule has 0 heterocycles. The van der Waals surface area contributed by atoms with Crippen LogP contribution in [0, 0.1) is 11.6 Å². The van der Waals surface area contributed by atoms with E-state index >= 15 is 0 Å². The van der Waals surface area contributed by atoms with Crippen molar-refractivity contribution in [3.8, 4) is 0 Å². The molecule has 0 fully saturated rings. The average Bonchev–Trinajstić information content (AvgIpc) is 1.94. The third-order valence-corrected chi connectivity index (χ3v) is 1.89. The van der Waals surface area contributed by atoms with Crippen molar-refractivity contribution in [1.82, 2.24) is 0 Å². The highest BCUT2D eigenvalue weighted by molar-refractivity contribution is 9.10. The van der Waals surface area contributed by atoms with E-state index < -0.39 is 11.6 Å². The second kappa shape index (κ2) is 3.74. The van der Waals surface area contributed by atoms with Crippen molar-refractivity contribution in [2.75, 3.05) is 0 Å². The van der Waals surface area contributed by atoms with Gasteiger partial charge in [-0.3, -0.25) is 0 Å². The highest BCUT2D eigenvalue weighted by Gasteiger charge is 2.14. The normalized spacial score (nSPS) is 11.8. The Morgan fingerprint density at radius 1 is 1.23 bits per heavy atom. The zero-order valence-corrected chi connectivity index (χ0v) is 9.16. The monoisotopic (exact) mass is 248 g/mol. The molecule has 0 atom stereocenters. The lowest BCUT2D eigenvalue weighted by Crippen LogP contribution is -2.13. The van der Waals surface area contributed by atoms with E-state index in [1.165, 1.54) is 6.07 Å². The van der Waals surface area contributed by atoms with Crippen molar-refractivity contribution in [3.05, 3.63) is 35.4 Å². The molecule has 0 unspecified atom stereocenters. The molecule has 1 aromatic carbocycles. The van der Waals surface area contributed by atoms with Crippen LogP contribution in [0.25, 0.3) is 0 Å². The van der Waals surface area contributed by atoms with Gasteiger partial charge in [-0.25, -0.2) is 8.78 Å². The van der Waals surface area contributed by atoms with E-state index in [0.29, 0.717) is 6.42 Å². The van der Waals surface area contributed by atoms with Gasteiger partial charge in [-0.2, -0.15) is 0 Å². The molecule has 0 saturated carbocycles. The Morgan fingerprint density at radius 2 is 1.85 bits per heavy atom. The van der Waals surface area contributed by atoms with E-state index in [0.717, 1.165) is 11.6 Å². The maximum Gasteiger partial charge on any atom is 0.159 e. The molecule has 3 heteroatoms. The van der Waals surface area contributed by atoms with Gasteiger partial charge in [-0.15, -0.1) is 0 Å². The third kappa shape index (κ3) is 3.43. The summed E-state index contributed by atoms with van der Waals surface area (Å²) >= 11 is 3.44. The van der Waals surface area contributed by atoms with Gasteiger partial charge >= 0.3 is 0 Å². The van der Waals surface area contributed by atoms with Crippen LogP contribution in [0.1, 0.15) is 19.4 Å². The van der Waals surface area contributed by atoms with Crippen molar-refractivity contribution in [3.63, 3.8) is 0 Å². The molecule has 1 rings (SSSR count). The lowest BCUT2D eigenvalue weighted by Gasteiger charge is -2.15. The Labute approximate surface area is 85.1 Å². The minimum absolute atomic E-state index is 0.0860. The fraction of sp³-hybridized carbons (Fsp3) is 0.400. The number of alkyl halides is 1. The van der Waals surface area contributed by atoms with Gasteiger partial charge in [0.1, 0.15) is 0 Å². The Balaban J connectivity index is 2.86. The molecule has 0 nitrogen and oxygen atoms in total. The predicted octanol–water partition coefficient (Wildman–Crippen LogP) is 3.68. The number of halogens is 3. The molecule has 0 saturated heterocycles. The summed E-state index contributed by atoms with van der Waals surface area (Å²) in [5.41, 5.74) is 0.792. The number of hydrogen-bond acceptors (Lipinski definition) is 0. The van der Waals surface area contributed by atoms with Crippen LogP contribution in [0.4, 0.5) is 8.78 Å². The van der Waals surface area contributed by atoms with Gasteiger partial charge in [0.25, 0.3) is 0 Å². The molecule has 13 heavy (non-hydrogen) atoms. The molecule has 0 N–H and O–H groups in total. The van der Waals surface area contributed by atoms with Crippen molar-refractivity contribution >= 4 is 15.9 Å². The molecule has 72 valence electrons. The summed E-state index contributed by atoms with van der Waals surface area (Å²) in [5, 5.41) is 0. The molecular weight excluding hydrogens is 238 g/mol. The van der Waals surface area contributed by atoms with Crippen LogP contribution >= 0.6 is 15.9 Å². The molecule has 1 aromatic rings. The fourth-order valence-electron chi connectivity index (χ4n) is 1.13. The molecule has 0 aliphatic carbocycles. The second-order valence-corrected chi connectivity index (χ2v) is 5.79. The van der Waals surface area contributed by atoms with Crippen LogP contribution in [0.2, 0.25) is 0 Å². The first-order valence-electron chi connectivity index (χ1n) is 4.01. The first kappa shape index (κ1) is 10.6. The van der Waals surface area contributed by atoms with Crippen LogP contribution in [-0.2, 0) is 6.42 Å². The number of rotatable bonds is 2. The fourth-order valence-corrected chi connectivity index (χ4v) is 1.46. The summed E-state index contributed by atoms with van der Waals surface area (Å²) in [5.74, 6) is -1.58. The van der Waals surface area contributed by atoms with Gasteiger partial charge in [0.05, 0.1) is 0 Å². The van der Waals surface area contributed by atoms with E-state index in [1.54, 1.807) is 6.07 Å². The maximum atomic E-state index is 12.8. The highest BCUT2D eigenvalue weighted by atomic mass is 79.9. The third-order valence-electron chi connectivity index (χ3n) is 1.61. The summed E-state index contributed by atoms with van der Waals surface area (Å²) < 4.78 is 25.2. The van der Waals surface area contributed by atoms with Crippen LogP contribution in [0.5, 0.6) is 0 Å². The Bertz CT molecular complexity index is 302. The summed E-state index contributed by atoms with van der Waals surface area (Å²) in [7, 11) is 0. The van der Waals surface area contributed by atoms with Gasteiger partial charge in [0.15, 0.2) is 11.6 Å². The number of benzene rings is 1. The molecule has 0 aliphatic rings. The Hall–Kier alpha value is -0.440. The van der Waals surface area contributed by atoms with Crippen LogP contribution in [0.15, 0.2) is 18.2 Å². The van der Waals surface area contributed by atoms with Gasteiger partial charge in [-0.05, 0) is 38.0 Å². The largest absolute Gasteiger partial charge is 0.204 e. The van der Waals surface area contributed by atoms with Crippen molar-refractivity contribution in [2.45, 2.75) is 24.6 Å². The molecule has 0 aliphatic heterocycles. The summed E-state index contributed by atoms with van der Waals surface area (Å²) in [6.45, 7) is 3.96. The van der Waals surface area contributed by atoms with Crippen molar-refractivity contribution < 1.29 is 8.78 Å². The van der Waals surface area contributed by atoms with E-state index in [1.807, 2.05) is 13.8 Å². The van der Waals surface area contributed by atoms with Crippen molar-refractivity contribution in [1.29, 1.82) is 0 Å². The van der Waals surface area contributed by atoms with E-state index in [4.69, 9.17) is 0 Å². The lowest BCUT2D eigenvalue weighted by atomic mass is 10.0. The average molecular weight is 249 g/mol. The summed E-state index contributed by atoms with van der Waals surface area (Å²) in [6, 6.07) is 3.99. The van der Waals surface area contributed by atoms with Crippen LogP contribution in [0.3, 0.4) is 0 Å². The topological polar surface area (TPSA) is 0 Å². The SMILES string of the molecule is CC(C)(Br)Cc1ccc(F)c(F)c1. The molecule has 0 bridgehead atoms. The van der Waals surface area contributed by atoms with E-state index in [9.17, 15) is 8.78 Å². The zero-order chi connectivity index (χ0) is 10.1. The van der Waals surface area contributed by atoms with Gasteiger partial charge in [-0.1, -0.05) is 22.0 Å².